The van der Waals surface area contributed by atoms with Gasteiger partial charge in [0.25, 0.3) is 0 Å². The number of halogens is 2. The third-order valence-electron chi connectivity index (χ3n) is 2.94. The van der Waals surface area contributed by atoms with Crippen LogP contribution in [0, 0.1) is 11.8 Å². The molecule has 0 aliphatic heterocycles. The summed E-state index contributed by atoms with van der Waals surface area (Å²) in [4.78, 5) is 8.32. The van der Waals surface area contributed by atoms with E-state index < -0.39 is 21.3 Å². The van der Waals surface area contributed by atoms with Crippen LogP contribution >= 0.6 is 15.4 Å². The number of hydrogen-bond acceptors (Lipinski definition) is 4. The van der Waals surface area contributed by atoms with Crippen LogP contribution < -0.4 is 0 Å². The third kappa shape index (κ3) is 5.49. The van der Waals surface area contributed by atoms with Gasteiger partial charge in [0.1, 0.15) is 0 Å². The molecule has 1 aliphatic carbocycles. The van der Waals surface area contributed by atoms with Gasteiger partial charge >= 0.3 is 15.4 Å². The molecule has 0 aromatic heterocycles. The van der Waals surface area contributed by atoms with E-state index in [1.54, 1.807) is 0 Å². The van der Waals surface area contributed by atoms with Crippen LogP contribution in [0.3, 0.4) is 0 Å². The highest BCUT2D eigenvalue weighted by atomic mass is 31.3. The molecule has 0 heterocycles. The Morgan fingerprint density at radius 2 is 1.83 bits per heavy atom. The largest absolute Gasteiger partial charge is 0.396 e. The highest BCUT2D eigenvalue weighted by Crippen LogP contribution is 2.62. The average molecular weight is 302 g/mol. The number of rotatable bonds is 6. The normalized spacial score (nSPS) is 35.0. The molecule has 0 spiro atoms. The lowest BCUT2D eigenvalue weighted by Crippen LogP contribution is -2.17. The zero-order valence-corrected chi connectivity index (χ0v) is 11.4. The standard InChI is InChI=1S/C8H15BF2O5P2/c9-8-1-6(3-12)7(2-8)4-16-18(11,15)5-17(10,13)14/h6-8,12H,1-5H2,(H,13,14)/t6-,7+,8+,18?/m0/s1. The van der Waals surface area contributed by atoms with E-state index in [0.717, 1.165) is 0 Å². The molecule has 0 aromatic rings. The fraction of sp³-hybridized carbons (Fsp3) is 1.00. The van der Waals surface area contributed by atoms with Gasteiger partial charge in [-0.1, -0.05) is 18.7 Å². The first-order valence-electron chi connectivity index (χ1n) is 5.44. The topological polar surface area (TPSA) is 83.8 Å². The zero-order valence-electron chi connectivity index (χ0n) is 9.61. The first kappa shape index (κ1) is 16.3. The van der Waals surface area contributed by atoms with E-state index in [9.17, 15) is 17.5 Å². The van der Waals surface area contributed by atoms with Crippen LogP contribution in [0.15, 0.2) is 0 Å². The average Bonchev–Trinajstić information content (AvgIpc) is 2.52. The zero-order chi connectivity index (χ0) is 14.0. The van der Waals surface area contributed by atoms with E-state index in [4.69, 9.17) is 17.8 Å². The molecule has 0 aromatic carbocycles. The quantitative estimate of drug-likeness (QED) is 0.581. The summed E-state index contributed by atoms with van der Waals surface area (Å²) in [7, 11) is -4.50. The van der Waals surface area contributed by atoms with Crippen LogP contribution in [0.25, 0.3) is 0 Å². The van der Waals surface area contributed by atoms with Crippen LogP contribution in [0.2, 0.25) is 5.82 Å². The summed E-state index contributed by atoms with van der Waals surface area (Å²) in [5, 5.41) is 9.05. The lowest BCUT2D eigenvalue weighted by molar-refractivity contribution is 0.148. The molecule has 104 valence electrons. The summed E-state index contributed by atoms with van der Waals surface area (Å²) in [6.07, 6.45) is 1.01. The Morgan fingerprint density at radius 3 is 2.33 bits per heavy atom. The summed E-state index contributed by atoms with van der Waals surface area (Å²) >= 11 is 0. The van der Waals surface area contributed by atoms with Crippen LogP contribution in [0.4, 0.5) is 8.39 Å². The van der Waals surface area contributed by atoms with E-state index in [1.165, 1.54) is 0 Å². The van der Waals surface area contributed by atoms with Crippen molar-refractivity contribution in [2.24, 2.45) is 11.8 Å². The van der Waals surface area contributed by atoms with Crippen molar-refractivity contribution in [2.45, 2.75) is 18.7 Å². The third-order valence-corrected chi connectivity index (χ3v) is 6.22. The Hall–Kier alpha value is 0.265. The van der Waals surface area contributed by atoms with E-state index in [-0.39, 0.29) is 30.9 Å². The highest BCUT2D eigenvalue weighted by Gasteiger charge is 2.37. The van der Waals surface area contributed by atoms with Crippen molar-refractivity contribution in [1.29, 1.82) is 0 Å². The van der Waals surface area contributed by atoms with Crippen LogP contribution in [0.1, 0.15) is 12.8 Å². The summed E-state index contributed by atoms with van der Waals surface area (Å²) in [5.74, 6) is -2.26. The maximum Gasteiger partial charge on any atom is 0.379 e. The van der Waals surface area contributed by atoms with E-state index in [2.05, 4.69) is 4.52 Å². The fourth-order valence-electron chi connectivity index (χ4n) is 2.14. The van der Waals surface area contributed by atoms with Crippen LogP contribution in [0.5, 0.6) is 0 Å². The van der Waals surface area contributed by atoms with Gasteiger partial charge in [0, 0.05) is 6.61 Å². The molecule has 5 nitrogen and oxygen atoms in total. The number of hydrogen-bond donors (Lipinski definition) is 2. The Kier molecular flexibility index (Phi) is 5.57. The summed E-state index contributed by atoms with van der Waals surface area (Å²) in [5.41, 5.74) is 0. The monoisotopic (exact) mass is 302 g/mol. The van der Waals surface area contributed by atoms with Gasteiger partial charge in [-0.15, -0.1) is 0 Å². The minimum Gasteiger partial charge on any atom is -0.396 e. The van der Waals surface area contributed by atoms with Gasteiger partial charge in [-0.2, -0.15) is 8.39 Å². The Bertz CT molecular complexity index is 376. The fourth-order valence-corrected chi connectivity index (χ4v) is 4.55. The Labute approximate surface area is 105 Å². The molecule has 1 saturated carbocycles. The van der Waals surface area contributed by atoms with Crippen LogP contribution in [-0.4, -0.2) is 37.0 Å². The van der Waals surface area contributed by atoms with Gasteiger partial charge in [-0.25, -0.2) is 0 Å². The van der Waals surface area contributed by atoms with Crippen molar-refractivity contribution in [1.82, 2.24) is 0 Å². The second kappa shape index (κ2) is 6.14. The van der Waals surface area contributed by atoms with Crippen molar-refractivity contribution in [3.63, 3.8) is 0 Å². The molecule has 0 bridgehead atoms. The van der Waals surface area contributed by atoms with Gasteiger partial charge in [0.15, 0.2) is 5.90 Å². The van der Waals surface area contributed by atoms with E-state index in [1.807, 2.05) is 0 Å². The maximum atomic E-state index is 13.2. The first-order chi connectivity index (χ1) is 8.13. The minimum absolute atomic E-state index is 0.153. The van der Waals surface area contributed by atoms with Gasteiger partial charge in [0.2, 0.25) is 0 Å². The van der Waals surface area contributed by atoms with Crippen LogP contribution in [-0.2, 0) is 13.7 Å². The predicted octanol–water partition coefficient (Wildman–Crippen LogP) is 2.25. The highest BCUT2D eigenvalue weighted by molar-refractivity contribution is 7.70. The minimum atomic E-state index is -5.22. The Balaban J connectivity index is 2.49. The van der Waals surface area contributed by atoms with E-state index in [0.29, 0.717) is 12.8 Å². The SMILES string of the molecule is [B][C@@H]1C[C@@H](CO)[C@@H](COP(=O)(F)CP(=O)(O)F)C1. The molecule has 0 saturated heterocycles. The van der Waals surface area contributed by atoms with Gasteiger partial charge in [-0.3, -0.25) is 9.13 Å². The lowest BCUT2D eigenvalue weighted by Gasteiger charge is -2.18. The molecule has 1 fully saturated rings. The van der Waals surface area contributed by atoms with Crippen molar-refractivity contribution in [2.75, 3.05) is 19.1 Å². The Morgan fingerprint density at radius 1 is 1.28 bits per heavy atom. The number of aliphatic hydroxyl groups is 1. The first-order valence-corrected chi connectivity index (χ1v) is 8.88. The van der Waals surface area contributed by atoms with Crippen molar-refractivity contribution in [3.8, 4) is 0 Å². The second-order valence-electron chi connectivity index (χ2n) is 4.58. The molecule has 2 unspecified atom stereocenters. The van der Waals surface area contributed by atoms with Crippen molar-refractivity contribution >= 4 is 23.2 Å². The van der Waals surface area contributed by atoms with Crippen molar-refractivity contribution in [3.05, 3.63) is 0 Å². The van der Waals surface area contributed by atoms with Crippen molar-refractivity contribution < 1.29 is 32.0 Å². The summed E-state index contributed by atoms with van der Waals surface area (Å²) in [6, 6.07) is 0. The van der Waals surface area contributed by atoms with Gasteiger partial charge < -0.3 is 14.5 Å². The smallest absolute Gasteiger partial charge is 0.379 e. The molecule has 18 heavy (non-hydrogen) atoms. The molecule has 5 atom stereocenters. The molecule has 10 heteroatoms. The van der Waals surface area contributed by atoms with Gasteiger partial charge in [0.05, 0.1) is 14.5 Å². The van der Waals surface area contributed by atoms with E-state index >= 15 is 0 Å². The summed E-state index contributed by atoms with van der Waals surface area (Å²) < 4.78 is 51.4. The molecule has 2 N–H and O–H groups in total. The van der Waals surface area contributed by atoms with Gasteiger partial charge in [-0.05, 0) is 11.8 Å². The molecular weight excluding hydrogens is 287 g/mol. The number of aliphatic hydroxyl groups excluding tert-OH is 1. The molecule has 0 amide bonds. The maximum absolute atomic E-state index is 13.2. The molecule has 1 aliphatic rings. The molecule has 2 radical (unpaired) electrons. The predicted molar refractivity (Wildman–Crippen MR) is 63.3 cm³/mol. The second-order valence-corrected chi connectivity index (χ2v) is 8.38. The molecule has 1 rings (SSSR count). The summed E-state index contributed by atoms with van der Waals surface area (Å²) in [6.45, 7) is -0.466. The lowest BCUT2D eigenvalue weighted by atomic mass is 9.85. The molecular formula is C8H15BF2O5P2.